The van der Waals surface area contributed by atoms with Gasteiger partial charge in [0.05, 0.1) is 11.3 Å². The summed E-state index contributed by atoms with van der Waals surface area (Å²) in [6, 6.07) is 11.6. The van der Waals surface area contributed by atoms with Crippen molar-refractivity contribution in [3.05, 3.63) is 65.4 Å². The lowest BCUT2D eigenvalue weighted by molar-refractivity contribution is -0.115. The number of aryl methyl sites for hydroxylation is 1. The molecule has 0 amide bonds. The molecule has 150 valence electrons. The van der Waals surface area contributed by atoms with Crippen molar-refractivity contribution in [3.8, 4) is 0 Å². The first-order chi connectivity index (χ1) is 13.3. The Morgan fingerprint density at radius 1 is 1.04 bits per heavy atom. The molecule has 0 aliphatic heterocycles. The fourth-order valence-electron chi connectivity index (χ4n) is 2.93. The van der Waals surface area contributed by atoms with Crippen molar-refractivity contribution < 1.29 is 18.0 Å². The molecule has 0 atom stereocenters. The highest BCUT2D eigenvalue weighted by molar-refractivity contribution is 5.99. The maximum absolute atomic E-state index is 13.3. The molecule has 0 aromatic heterocycles. The number of allylic oxidation sites excluding steroid dienone is 4. The minimum atomic E-state index is -4.50. The predicted molar refractivity (Wildman–Crippen MR) is 109 cm³/mol. The first-order valence-corrected chi connectivity index (χ1v) is 9.60. The van der Waals surface area contributed by atoms with Crippen LogP contribution in [0.3, 0.4) is 0 Å². The highest BCUT2D eigenvalue weighted by atomic mass is 19.4. The SMILES string of the molecule is CC/C=C(/C=C(\Nc1ccc2cc(CC)ccc2c1)C(=O)CCC)C(F)(F)F. The van der Waals surface area contributed by atoms with Crippen molar-refractivity contribution in [3.63, 3.8) is 0 Å². The maximum Gasteiger partial charge on any atom is 0.416 e. The summed E-state index contributed by atoms with van der Waals surface area (Å²) in [5.41, 5.74) is 0.954. The van der Waals surface area contributed by atoms with Crippen molar-refractivity contribution in [1.82, 2.24) is 0 Å². The van der Waals surface area contributed by atoms with E-state index >= 15 is 0 Å². The molecule has 1 N–H and O–H groups in total. The Labute approximate surface area is 164 Å². The molecule has 0 saturated heterocycles. The van der Waals surface area contributed by atoms with Crippen LogP contribution in [-0.4, -0.2) is 12.0 Å². The Kier molecular flexibility index (Phi) is 7.44. The maximum atomic E-state index is 13.3. The van der Waals surface area contributed by atoms with Gasteiger partial charge in [-0.05, 0) is 53.8 Å². The number of alkyl halides is 3. The molecule has 0 heterocycles. The zero-order valence-electron chi connectivity index (χ0n) is 16.5. The topological polar surface area (TPSA) is 29.1 Å². The van der Waals surface area contributed by atoms with Crippen LogP contribution in [0.1, 0.15) is 45.6 Å². The third-order valence-corrected chi connectivity index (χ3v) is 4.42. The van der Waals surface area contributed by atoms with Gasteiger partial charge in [0.15, 0.2) is 5.78 Å². The van der Waals surface area contributed by atoms with Gasteiger partial charge in [0.2, 0.25) is 0 Å². The molecule has 2 aromatic carbocycles. The summed E-state index contributed by atoms with van der Waals surface area (Å²) >= 11 is 0. The molecule has 0 aliphatic carbocycles. The lowest BCUT2D eigenvalue weighted by Crippen LogP contribution is -2.16. The van der Waals surface area contributed by atoms with Crippen molar-refractivity contribution >= 4 is 22.2 Å². The minimum absolute atomic E-state index is 0.0385. The predicted octanol–water partition coefficient (Wildman–Crippen LogP) is 6.97. The molecule has 5 heteroatoms. The van der Waals surface area contributed by atoms with Gasteiger partial charge in [0, 0.05) is 12.1 Å². The number of ketones is 1. The summed E-state index contributed by atoms with van der Waals surface area (Å²) in [5, 5.41) is 4.93. The number of carbonyl (C=O) groups excluding carboxylic acids is 1. The monoisotopic (exact) mass is 389 g/mol. The summed E-state index contributed by atoms with van der Waals surface area (Å²) in [5.74, 6) is -0.338. The van der Waals surface area contributed by atoms with Crippen LogP contribution in [0.25, 0.3) is 10.8 Å². The number of halogens is 3. The third-order valence-electron chi connectivity index (χ3n) is 4.42. The van der Waals surface area contributed by atoms with Crippen molar-refractivity contribution in [1.29, 1.82) is 0 Å². The number of hydrogen-bond acceptors (Lipinski definition) is 2. The molecule has 2 rings (SSSR count). The van der Waals surface area contributed by atoms with Gasteiger partial charge in [-0.2, -0.15) is 13.2 Å². The number of hydrogen-bond donors (Lipinski definition) is 1. The van der Waals surface area contributed by atoms with E-state index in [1.165, 1.54) is 5.56 Å². The molecule has 0 bridgehead atoms. The van der Waals surface area contributed by atoms with Gasteiger partial charge < -0.3 is 5.32 Å². The summed E-state index contributed by atoms with van der Waals surface area (Å²) in [4.78, 5) is 12.4. The zero-order chi connectivity index (χ0) is 20.7. The Bertz CT molecular complexity index is 894. The second kappa shape index (κ2) is 9.58. The van der Waals surface area contributed by atoms with Gasteiger partial charge in [-0.25, -0.2) is 0 Å². The molecular formula is C23H26F3NO. The average molecular weight is 389 g/mol. The number of fused-ring (bicyclic) bond motifs is 1. The average Bonchev–Trinajstić information content (AvgIpc) is 2.65. The lowest BCUT2D eigenvalue weighted by Gasteiger charge is -2.14. The first kappa shape index (κ1) is 21.7. The van der Waals surface area contributed by atoms with E-state index in [4.69, 9.17) is 0 Å². The standard InChI is InChI=1S/C23H26F3NO/c1-4-7-19(23(24,25)26)15-21(22(28)8-5-2)27-20-12-11-17-13-16(6-3)9-10-18(17)14-20/h7,9-15,27H,4-6,8H2,1-3H3/b19-7-,21-15-. The van der Waals surface area contributed by atoms with Crippen LogP contribution in [0.5, 0.6) is 0 Å². The van der Waals surface area contributed by atoms with Gasteiger partial charge in [-0.3, -0.25) is 4.79 Å². The molecule has 0 unspecified atom stereocenters. The van der Waals surface area contributed by atoms with Gasteiger partial charge in [-0.1, -0.05) is 51.1 Å². The molecule has 2 nitrogen and oxygen atoms in total. The summed E-state index contributed by atoms with van der Waals surface area (Å²) < 4.78 is 39.8. The fourth-order valence-corrected chi connectivity index (χ4v) is 2.93. The van der Waals surface area contributed by atoms with E-state index in [-0.39, 0.29) is 24.3 Å². The van der Waals surface area contributed by atoms with Crippen molar-refractivity contribution in [2.45, 2.75) is 52.6 Å². The Morgan fingerprint density at radius 3 is 2.32 bits per heavy atom. The van der Waals surface area contributed by atoms with E-state index in [1.54, 1.807) is 13.0 Å². The number of anilines is 1. The summed E-state index contributed by atoms with van der Waals surface area (Å²) in [6.07, 6.45) is -0.582. The van der Waals surface area contributed by atoms with Gasteiger partial charge in [0.25, 0.3) is 0 Å². The molecule has 0 fully saturated rings. The van der Waals surface area contributed by atoms with Crippen LogP contribution < -0.4 is 5.32 Å². The van der Waals surface area contributed by atoms with E-state index < -0.39 is 11.7 Å². The molecule has 2 aromatic rings. The van der Waals surface area contributed by atoms with E-state index in [0.717, 1.165) is 29.3 Å². The second-order valence-electron chi connectivity index (χ2n) is 6.67. The lowest BCUT2D eigenvalue weighted by atomic mass is 10.0. The van der Waals surface area contributed by atoms with Crippen LogP contribution in [0.4, 0.5) is 18.9 Å². The zero-order valence-corrected chi connectivity index (χ0v) is 16.5. The van der Waals surface area contributed by atoms with Gasteiger partial charge >= 0.3 is 6.18 Å². The van der Waals surface area contributed by atoms with Crippen LogP contribution in [0.2, 0.25) is 0 Å². The first-order valence-electron chi connectivity index (χ1n) is 9.60. The number of nitrogens with one attached hydrogen (secondary N) is 1. The molecular weight excluding hydrogens is 363 g/mol. The highest BCUT2D eigenvalue weighted by Gasteiger charge is 2.32. The largest absolute Gasteiger partial charge is 0.416 e. The normalized spacial score (nSPS) is 13.1. The van der Waals surface area contributed by atoms with Crippen molar-refractivity contribution in [2.24, 2.45) is 0 Å². The fraction of sp³-hybridized carbons (Fsp3) is 0.348. The molecule has 0 saturated carbocycles. The minimum Gasteiger partial charge on any atom is -0.353 e. The van der Waals surface area contributed by atoms with E-state index in [1.807, 2.05) is 31.2 Å². The summed E-state index contributed by atoms with van der Waals surface area (Å²) in [6.45, 7) is 5.54. The van der Waals surface area contributed by atoms with Crippen LogP contribution in [-0.2, 0) is 11.2 Å². The molecule has 28 heavy (non-hydrogen) atoms. The molecule has 0 radical (unpaired) electrons. The molecule has 0 aliphatic rings. The van der Waals surface area contributed by atoms with E-state index in [2.05, 4.69) is 18.3 Å². The van der Waals surface area contributed by atoms with Crippen LogP contribution >= 0.6 is 0 Å². The highest BCUT2D eigenvalue weighted by Crippen LogP contribution is 2.29. The van der Waals surface area contributed by atoms with Crippen LogP contribution in [0.15, 0.2) is 59.8 Å². The van der Waals surface area contributed by atoms with Crippen LogP contribution in [0, 0.1) is 0 Å². The Hall–Kier alpha value is -2.56. The Morgan fingerprint density at radius 2 is 1.71 bits per heavy atom. The van der Waals surface area contributed by atoms with E-state index in [9.17, 15) is 18.0 Å². The third kappa shape index (κ3) is 5.72. The Balaban J connectivity index is 2.42. The van der Waals surface area contributed by atoms with Gasteiger partial charge in [-0.15, -0.1) is 0 Å². The number of rotatable bonds is 8. The van der Waals surface area contributed by atoms with E-state index in [0.29, 0.717) is 12.1 Å². The molecule has 0 spiro atoms. The van der Waals surface area contributed by atoms with Gasteiger partial charge in [0.1, 0.15) is 0 Å². The number of carbonyl (C=O) groups is 1. The van der Waals surface area contributed by atoms with Crippen molar-refractivity contribution in [2.75, 3.05) is 5.32 Å². The number of benzene rings is 2. The quantitative estimate of drug-likeness (QED) is 0.390. The summed E-state index contributed by atoms with van der Waals surface area (Å²) in [7, 11) is 0. The smallest absolute Gasteiger partial charge is 0.353 e. The second-order valence-corrected chi connectivity index (χ2v) is 6.67. The number of Topliss-reactive ketones (excluding diaryl/α,β-unsaturated/α-hetero) is 1.